The van der Waals surface area contributed by atoms with Crippen LogP contribution in [-0.4, -0.2) is 51.0 Å². The summed E-state index contributed by atoms with van der Waals surface area (Å²) in [5, 5.41) is 1.56. The number of pyridine rings is 1. The Balaban J connectivity index is 1.19. The van der Waals surface area contributed by atoms with Gasteiger partial charge in [-0.2, -0.15) is 4.98 Å². The number of primary amides is 1. The summed E-state index contributed by atoms with van der Waals surface area (Å²) in [7, 11) is 0. The van der Waals surface area contributed by atoms with Crippen molar-refractivity contribution in [2.24, 2.45) is 5.73 Å². The Morgan fingerprint density at radius 2 is 2.20 bits per heavy atom. The largest absolute Gasteiger partial charge is 0.460 e. The molecule has 8 nitrogen and oxygen atoms in total. The van der Waals surface area contributed by atoms with E-state index >= 15 is 0 Å². The molecule has 1 aromatic carbocycles. The van der Waals surface area contributed by atoms with Gasteiger partial charge in [0.15, 0.2) is 5.65 Å². The molecule has 2 bridgehead atoms. The summed E-state index contributed by atoms with van der Waals surface area (Å²) in [6.07, 6.45) is 2.71. The van der Waals surface area contributed by atoms with Crippen molar-refractivity contribution in [3.63, 3.8) is 0 Å². The second-order valence-electron chi connectivity index (χ2n) is 7.78. The topological polar surface area (TPSA) is 97.7 Å². The molecule has 2 atom stereocenters. The van der Waals surface area contributed by atoms with E-state index in [2.05, 4.69) is 20.9 Å². The average molecular weight is 421 g/mol. The smallest absolute Gasteiger partial charge is 0.315 e. The van der Waals surface area contributed by atoms with Gasteiger partial charge in [0.1, 0.15) is 17.1 Å². The molecule has 2 saturated heterocycles. The van der Waals surface area contributed by atoms with Crippen LogP contribution < -0.4 is 10.5 Å². The Labute approximate surface area is 175 Å². The molecular weight excluding hydrogens is 402 g/mol. The number of nitrogens with zero attached hydrogens (tertiary/aromatic N) is 4. The van der Waals surface area contributed by atoms with E-state index in [1.807, 2.05) is 30.3 Å². The van der Waals surface area contributed by atoms with Gasteiger partial charge >= 0.3 is 6.03 Å². The lowest BCUT2D eigenvalue weighted by Gasteiger charge is -2.32. The van der Waals surface area contributed by atoms with E-state index in [-0.39, 0.29) is 12.1 Å². The molecule has 5 heterocycles. The van der Waals surface area contributed by atoms with E-state index in [4.69, 9.17) is 14.9 Å². The zero-order valence-corrected chi connectivity index (χ0v) is 16.8. The second kappa shape index (κ2) is 6.68. The number of benzene rings is 1. The van der Waals surface area contributed by atoms with Crippen LogP contribution >= 0.6 is 11.3 Å². The van der Waals surface area contributed by atoms with Crippen LogP contribution in [0.25, 0.3) is 21.3 Å². The number of carbonyl (C=O) groups is 1. The predicted molar refractivity (Wildman–Crippen MR) is 113 cm³/mol. The van der Waals surface area contributed by atoms with Crippen molar-refractivity contribution >= 4 is 38.7 Å². The van der Waals surface area contributed by atoms with E-state index in [0.29, 0.717) is 29.2 Å². The molecule has 3 aromatic heterocycles. The highest BCUT2D eigenvalue weighted by Gasteiger charge is 2.44. The lowest BCUT2D eigenvalue weighted by atomic mass is 10.2. The monoisotopic (exact) mass is 421 g/mol. The molecule has 2 aliphatic heterocycles. The van der Waals surface area contributed by atoms with Crippen molar-refractivity contribution in [1.82, 2.24) is 19.8 Å². The molecule has 0 unspecified atom stereocenters. The number of ether oxygens (including phenoxy) is 1. The highest BCUT2D eigenvalue weighted by molar-refractivity contribution is 7.20. The molecule has 4 aromatic rings. The summed E-state index contributed by atoms with van der Waals surface area (Å²) in [5.74, 6) is 1.62. The quantitative estimate of drug-likeness (QED) is 0.541. The number of thiazole rings is 1. The van der Waals surface area contributed by atoms with Crippen molar-refractivity contribution in [1.29, 1.82) is 0 Å². The predicted octanol–water partition coefficient (Wildman–Crippen LogP) is 3.57. The molecule has 2 aliphatic rings. The highest BCUT2D eigenvalue weighted by atomic mass is 32.1. The molecule has 0 radical (unpaired) electrons. The number of piperazine rings is 1. The van der Waals surface area contributed by atoms with Crippen LogP contribution in [0.4, 0.5) is 4.79 Å². The molecule has 0 saturated carbocycles. The van der Waals surface area contributed by atoms with Gasteiger partial charge in [0.05, 0.1) is 11.2 Å². The molecule has 2 N–H and O–H groups in total. The van der Waals surface area contributed by atoms with Crippen LogP contribution in [0.1, 0.15) is 12.2 Å². The minimum absolute atomic E-state index is 0.222. The number of urea groups is 1. The Morgan fingerprint density at radius 3 is 3.00 bits per heavy atom. The fraction of sp³-hybridized carbons (Fsp3) is 0.286. The molecule has 152 valence electrons. The summed E-state index contributed by atoms with van der Waals surface area (Å²) in [6.45, 7) is 2.27. The van der Waals surface area contributed by atoms with E-state index in [0.717, 1.165) is 40.9 Å². The summed E-state index contributed by atoms with van der Waals surface area (Å²) in [5.41, 5.74) is 6.97. The lowest BCUT2D eigenvalue weighted by Crippen LogP contribution is -2.50. The van der Waals surface area contributed by atoms with Gasteiger partial charge in [0, 0.05) is 36.8 Å². The number of aromatic nitrogens is 2. The maximum Gasteiger partial charge on any atom is 0.315 e. The number of likely N-dealkylation sites (tertiary alicyclic amines) is 2. The van der Waals surface area contributed by atoms with Crippen molar-refractivity contribution in [2.45, 2.75) is 25.0 Å². The third-order valence-corrected chi connectivity index (χ3v) is 6.77. The zero-order valence-electron chi connectivity index (χ0n) is 16.0. The lowest BCUT2D eigenvalue weighted by molar-refractivity contribution is 0.132. The maximum absolute atomic E-state index is 11.5. The Bertz CT molecular complexity index is 1230. The summed E-state index contributed by atoms with van der Waals surface area (Å²) >= 11 is 1.47. The molecule has 2 fully saturated rings. The Kier molecular flexibility index (Phi) is 3.93. The zero-order chi connectivity index (χ0) is 20.2. The fourth-order valence-corrected chi connectivity index (χ4v) is 5.32. The van der Waals surface area contributed by atoms with Crippen LogP contribution in [0.3, 0.4) is 0 Å². The molecule has 2 amide bonds. The number of furan rings is 1. The summed E-state index contributed by atoms with van der Waals surface area (Å²) in [6, 6.07) is 12.0. The molecule has 6 rings (SSSR count). The minimum Gasteiger partial charge on any atom is -0.460 e. The molecule has 30 heavy (non-hydrogen) atoms. The highest BCUT2D eigenvalue weighted by Crippen LogP contribution is 2.34. The first-order chi connectivity index (χ1) is 14.6. The summed E-state index contributed by atoms with van der Waals surface area (Å²) < 4.78 is 13.0. The number of amides is 2. The van der Waals surface area contributed by atoms with Crippen molar-refractivity contribution < 1.29 is 13.9 Å². The van der Waals surface area contributed by atoms with Gasteiger partial charge in [-0.25, -0.2) is 9.78 Å². The van der Waals surface area contributed by atoms with Gasteiger partial charge in [-0.15, -0.1) is 0 Å². The molecule has 0 spiro atoms. The fourth-order valence-electron chi connectivity index (χ4n) is 4.52. The average Bonchev–Trinajstić information content (AvgIpc) is 3.49. The molecular formula is C21H19N5O3S. The van der Waals surface area contributed by atoms with Crippen LogP contribution in [0.15, 0.2) is 47.0 Å². The van der Waals surface area contributed by atoms with Crippen LogP contribution in [0, 0.1) is 0 Å². The van der Waals surface area contributed by atoms with Gasteiger partial charge in [-0.3, -0.25) is 4.90 Å². The van der Waals surface area contributed by atoms with Gasteiger partial charge in [-0.05, 0) is 42.8 Å². The van der Waals surface area contributed by atoms with E-state index in [1.54, 1.807) is 11.1 Å². The van der Waals surface area contributed by atoms with Gasteiger partial charge in [0.25, 0.3) is 5.19 Å². The number of hydrogen-bond acceptors (Lipinski definition) is 7. The standard InChI is InChI=1S/C21H19N5O3S/c22-20(27)26-10-13-8-14(26)9-25(13)11-16-7-12-6-15(3-4-17(12)28-16)29-21-24-19-18(30-21)2-1-5-23-19/h1-7,13-14H,8-11H2,(H2,22,27)/t13-,14-/m1/s1. The first kappa shape index (κ1) is 17.7. The Hall–Kier alpha value is -3.17. The maximum atomic E-state index is 11.5. The summed E-state index contributed by atoms with van der Waals surface area (Å²) in [4.78, 5) is 24.3. The number of fused-ring (bicyclic) bond motifs is 4. The van der Waals surface area contributed by atoms with Crippen molar-refractivity contribution in [3.8, 4) is 10.9 Å². The van der Waals surface area contributed by atoms with Gasteiger partial charge in [-0.1, -0.05) is 11.3 Å². The van der Waals surface area contributed by atoms with Crippen molar-refractivity contribution in [3.05, 3.63) is 48.4 Å². The third kappa shape index (κ3) is 2.98. The first-order valence-corrected chi connectivity index (χ1v) is 10.7. The number of carbonyl (C=O) groups excluding carboxylic acids is 1. The van der Waals surface area contributed by atoms with E-state index in [9.17, 15) is 4.79 Å². The molecule has 9 heteroatoms. The number of rotatable bonds is 4. The van der Waals surface area contributed by atoms with E-state index in [1.165, 1.54) is 11.3 Å². The van der Waals surface area contributed by atoms with E-state index < -0.39 is 0 Å². The first-order valence-electron chi connectivity index (χ1n) is 9.84. The third-order valence-electron chi connectivity index (χ3n) is 5.89. The van der Waals surface area contributed by atoms with Crippen LogP contribution in [0.5, 0.6) is 10.9 Å². The SMILES string of the molecule is NC(=O)N1C[C@H]2C[C@@H]1CN2Cc1cc2cc(Oc3nc4ncccc4s3)ccc2o1. The van der Waals surface area contributed by atoms with Gasteiger partial charge in [0.2, 0.25) is 0 Å². The minimum atomic E-state index is -0.317. The molecule has 0 aliphatic carbocycles. The van der Waals surface area contributed by atoms with Crippen molar-refractivity contribution in [2.75, 3.05) is 13.1 Å². The van der Waals surface area contributed by atoms with Crippen LogP contribution in [0.2, 0.25) is 0 Å². The van der Waals surface area contributed by atoms with Crippen LogP contribution in [-0.2, 0) is 6.54 Å². The number of nitrogens with two attached hydrogens (primary N) is 1. The number of hydrogen-bond donors (Lipinski definition) is 1. The van der Waals surface area contributed by atoms with Gasteiger partial charge < -0.3 is 19.8 Å². The Morgan fingerprint density at radius 1 is 1.27 bits per heavy atom. The second-order valence-corrected chi connectivity index (χ2v) is 8.78. The normalized spacial score (nSPS) is 21.1.